The zero-order chi connectivity index (χ0) is 13.1. The lowest BCUT2D eigenvalue weighted by Gasteiger charge is -2.11. The van der Waals surface area contributed by atoms with E-state index in [2.05, 4.69) is 10.3 Å². The first-order valence-electron chi connectivity index (χ1n) is 5.17. The molecule has 1 aliphatic rings. The maximum atomic E-state index is 11.5. The number of hydrogen-bond donors (Lipinski definition) is 2. The minimum absolute atomic E-state index is 0.152. The highest BCUT2D eigenvalue weighted by atomic mass is 35.5. The molecule has 3 amide bonds. The lowest BCUT2D eigenvalue weighted by Crippen LogP contribution is -2.37. The van der Waals surface area contributed by atoms with Gasteiger partial charge in [-0.05, 0) is 6.07 Å². The molecule has 7 nitrogen and oxygen atoms in total. The number of aromatic nitrogens is 1. The monoisotopic (exact) mass is 271 g/mol. The fourth-order valence-electron chi connectivity index (χ4n) is 1.48. The van der Waals surface area contributed by atoms with Crippen LogP contribution in [0, 0.1) is 0 Å². The standard InChI is InChI=1S/C10H10ClN3O4/c11-6-3-7(13-4-6)9(16)18-5-8(15)14-2-1-12-10(14)17/h3-4,13H,1-2,5H2,(H,12,17). The molecule has 1 aromatic rings. The second kappa shape index (κ2) is 5.09. The van der Waals surface area contributed by atoms with Gasteiger partial charge in [-0.3, -0.25) is 9.69 Å². The van der Waals surface area contributed by atoms with Crippen LogP contribution in [-0.4, -0.2) is 47.5 Å². The summed E-state index contributed by atoms with van der Waals surface area (Å²) >= 11 is 5.62. The number of nitrogens with zero attached hydrogens (tertiary/aromatic N) is 1. The van der Waals surface area contributed by atoms with E-state index in [0.29, 0.717) is 11.6 Å². The molecule has 0 saturated carbocycles. The van der Waals surface area contributed by atoms with Crippen LogP contribution in [0.5, 0.6) is 0 Å². The highest BCUT2D eigenvalue weighted by Crippen LogP contribution is 2.10. The summed E-state index contributed by atoms with van der Waals surface area (Å²) < 4.78 is 4.76. The number of amides is 3. The van der Waals surface area contributed by atoms with E-state index in [1.54, 1.807) is 0 Å². The molecule has 0 spiro atoms. The van der Waals surface area contributed by atoms with Crippen LogP contribution in [0.2, 0.25) is 5.02 Å². The number of esters is 1. The van der Waals surface area contributed by atoms with Crippen LogP contribution in [0.3, 0.4) is 0 Å². The van der Waals surface area contributed by atoms with Gasteiger partial charge in [0.1, 0.15) is 5.69 Å². The van der Waals surface area contributed by atoms with Crippen molar-refractivity contribution in [1.82, 2.24) is 15.2 Å². The lowest BCUT2D eigenvalue weighted by atomic mass is 10.4. The number of aromatic amines is 1. The average molecular weight is 272 g/mol. The van der Waals surface area contributed by atoms with Crippen LogP contribution in [0.25, 0.3) is 0 Å². The summed E-state index contributed by atoms with van der Waals surface area (Å²) in [6.07, 6.45) is 1.42. The Morgan fingerprint density at radius 1 is 1.50 bits per heavy atom. The van der Waals surface area contributed by atoms with Crippen LogP contribution in [0.15, 0.2) is 12.3 Å². The molecule has 96 valence electrons. The Labute approximate surface area is 107 Å². The van der Waals surface area contributed by atoms with E-state index in [1.807, 2.05) is 0 Å². The Hall–Kier alpha value is -2.02. The largest absolute Gasteiger partial charge is 0.451 e. The van der Waals surface area contributed by atoms with E-state index >= 15 is 0 Å². The van der Waals surface area contributed by atoms with Gasteiger partial charge in [0.15, 0.2) is 6.61 Å². The van der Waals surface area contributed by atoms with E-state index in [1.165, 1.54) is 12.3 Å². The minimum atomic E-state index is -0.699. The molecule has 0 bridgehead atoms. The van der Waals surface area contributed by atoms with E-state index in [0.717, 1.165) is 4.90 Å². The highest BCUT2D eigenvalue weighted by Gasteiger charge is 2.26. The lowest BCUT2D eigenvalue weighted by molar-refractivity contribution is -0.130. The third-order valence-corrected chi connectivity index (χ3v) is 2.57. The summed E-state index contributed by atoms with van der Waals surface area (Å²) in [7, 11) is 0. The van der Waals surface area contributed by atoms with Crippen molar-refractivity contribution in [3.05, 3.63) is 23.0 Å². The number of carbonyl (C=O) groups excluding carboxylic acids is 3. The number of ether oxygens (including phenoxy) is 1. The number of hydrogen-bond acceptors (Lipinski definition) is 4. The third-order valence-electron chi connectivity index (χ3n) is 2.35. The van der Waals surface area contributed by atoms with Crippen molar-refractivity contribution in [2.75, 3.05) is 19.7 Å². The van der Waals surface area contributed by atoms with E-state index in [4.69, 9.17) is 16.3 Å². The molecule has 1 saturated heterocycles. The molecule has 8 heteroatoms. The molecule has 1 aliphatic heterocycles. The van der Waals surface area contributed by atoms with Crippen molar-refractivity contribution >= 4 is 29.5 Å². The number of urea groups is 1. The predicted molar refractivity (Wildman–Crippen MR) is 61.2 cm³/mol. The van der Waals surface area contributed by atoms with Crippen LogP contribution in [0.1, 0.15) is 10.5 Å². The molecular weight excluding hydrogens is 262 g/mol. The molecular formula is C10H10ClN3O4. The Kier molecular flexibility index (Phi) is 3.52. The molecule has 0 unspecified atom stereocenters. The first-order chi connectivity index (χ1) is 8.58. The van der Waals surface area contributed by atoms with Gasteiger partial charge in [0.25, 0.3) is 5.91 Å². The summed E-state index contributed by atoms with van der Waals surface area (Å²) in [5.74, 6) is -1.26. The number of H-pyrrole nitrogens is 1. The number of rotatable bonds is 3. The van der Waals surface area contributed by atoms with Crippen LogP contribution in [-0.2, 0) is 9.53 Å². The Morgan fingerprint density at radius 2 is 2.28 bits per heavy atom. The zero-order valence-corrected chi connectivity index (χ0v) is 9.99. The number of imide groups is 1. The van der Waals surface area contributed by atoms with Gasteiger partial charge >= 0.3 is 12.0 Å². The van der Waals surface area contributed by atoms with E-state index < -0.39 is 24.5 Å². The van der Waals surface area contributed by atoms with Crippen molar-refractivity contribution in [3.8, 4) is 0 Å². The predicted octanol–water partition coefficient (Wildman–Crippen LogP) is 0.377. The van der Waals surface area contributed by atoms with Crippen molar-refractivity contribution in [1.29, 1.82) is 0 Å². The van der Waals surface area contributed by atoms with Gasteiger partial charge in [0.2, 0.25) is 0 Å². The Morgan fingerprint density at radius 3 is 2.83 bits per heavy atom. The summed E-state index contributed by atoms with van der Waals surface area (Å²) in [5, 5.41) is 2.84. The molecule has 0 radical (unpaired) electrons. The van der Waals surface area contributed by atoms with E-state index in [9.17, 15) is 14.4 Å². The molecule has 1 aromatic heterocycles. The molecule has 1 fully saturated rings. The maximum Gasteiger partial charge on any atom is 0.355 e. The second-order valence-electron chi connectivity index (χ2n) is 3.59. The van der Waals surface area contributed by atoms with E-state index in [-0.39, 0.29) is 12.2 Å². The second-order valence-corrected chi connectivity index (χ2v) is 4.02. The summed E-state index contributed by atoms with van der Waals surface area (Å²) in [6.45, 7) is 0.206. The molecule has 0 atom stereocenters. The SMILES string of the molecule is O=C(OCC(=O)N1CCNC1=O)c1cc(Cl)c[nH]1. The highest BCUT2D eigenvalue weighted by molar-refractivity contribution is 6.30. The number of carbonyl (C=O) groups is 3. The van der Waals surface area contributed by atoms with Crippen molar-refractivity contribution < 1.29 is 19.1 Å². The van der Waals surface area contributed by atoms with Crippen molar-refractivity contribution in [2.24, 2.45) is 0 Å². The van der Waals surface area contributed by atoms with Gasteiger partial charge in [-0.1, -0.05) is 11.6 Å². The minimum Gasteiger partial charge on any atom is -0.451 e. The maximum absolute atomic E-state index is 11.5. The first kappa shape index (κ1) is 12.4. The van der Waals surface area contributed by atoms with Gasteiger partial charge in [-0.15, -0.1) is 0 Å². The third kappa shape index (κ3) is 2.62. The topological polar surface area (TPSA) is 91.5 Å². The smallest absolute Gasteiger partial charge is 0.355 e. The van der Waals surface area contributed by atoms with Gasteiger partial charge in [0, 0.05) is 19.3 Å². The van der Waals surface area contributed by atoms with Gasteiger partial charge in [0.05, 0.1) is 5.02 Å². The van der Waals surface area contributed by atoms with Crippen molar-refractivity contribution in [2.45, 2.75) is 0 Å². The summed E-state index contributed by atoms with van der Waals surface area (Å²) in [4.78, 5) is 37.8. The van der Waals surface area contributed by atoms with Crippen LogP contribution in [0.4, 0.5) is 4.79 Å². The Bertz CT molecular complexity index is 499. The fraction of sp³-hybridized carbons (Fsp3) is 0.300. The molecule has 0 aliphatic carbocycles. The molecule has 2 heterocycles. The number of nitrogens with one attached hydrogen (secondary N) is 2. The van der Waals surface area contributed by atoms with Crippen molar-refractivity contribution in [3.63, 3.8) is 0 Å². The van der Waals surface area contributed by atoms with Crippen LogP contribution >= 0.6 is 11.6 Å². The Balaban J connectivity index is 1.86. The molecule has 18 heavy (non-hydrogen) atoms. The average Bonchev–Trinajstić information content (AvgIpc) is 2.94. The van der Waals surface area contributed by atoms with Gasteiger partial charge in [-0.25, -0.2) is 9.59 Å². The zero-order valence-electron chi connectivity index (χ0n) is 9.23. The summed E-state index contributed by atoms with van der Waals surface area (Å²) in [5.41, 5.74) is 0.152. The number of halogens is 1. The molecule has 2 N–H and O–H groups in total. The first-order valence-corrected chi connectivity index (χ1v) is 5.55. The normalized spacial score (nSPS) is 14.5. The molecule has 2 rings (SSSR count). The quantitative estimate of drug-likeness (QED) is 0.778. The summed E-state index contributed by atoms with van der Waals surface area (Å²) in [6, 6.07) is 0.913. The van der Waals surface area contributed by atoms with Gasteiger partial charge < -0.3 is 15.0 Å². The fourth-order valence-corrected chi connectivity index (χ4v) is 1.64. The van der Waals surface area contributed by atoms with Gasteiger partial charge in [-0.2, -0.15) is 0 Å². The molecule has 0 aromatic carbocycles. The van der Waals surface area contributed by atoms with Crippen LogP contribution < -0.4 is 5.32 Å².